The van der Waals surface area contributed by atoms with Crippen molar-refractivity contribution in [2.24, 2.45) is 0 Å². The zero-order valence-corrected chi connectivity index (χ0v) is 13.8. The van der Waals surface area contributed by atoms with E-state index in [1.165, 1.54) is 55.2 Å². The molecule has 0 bridgehead atoms. The average molecular weight is 316 g/mol. The lowest BCUT2D eigenvalue weighted by molar-refractivity contribution is -0.140. The van der Waals surface area contributed by atoms with Gasteiger partial charge in [-0.2, -0.15) is 0 Å². The molecular formula is C15H28N2O3S. The molecule has 2 amide bonds. The highest BCUT2D eigenvalue weighted by Gasteiger charge is 2.34. The normalized spacial score (nSPS) is 18.0. The van der Waals surface area contributed by atoms with E-state index in [0.29, 0.717) is 18.2 Å². The van der Waals surface area contributed by atoms with Crippen molar-refractivity contribution in [2.45, 2.75) is 64.3 Å². The summed E-state index contributed by atoms with van der Waals surface area (Å²) in [5, 5.41) is 11.9. The van der Waals surface area contributed by atoms with E-state index < -0.39 is 12.0 Å². The minimum atomic E-state index is -0.915. The molecule has 0 radical (unpaired) electrons. The topological polar surface area (TPSA) is 69.6 Å². The molecule has 1 unspecified atom stereocenters. The predicted molar refractivity (Wildman–Crippen MR) is 86.6 cm³/mol. The van der Waals surface area contributed by atoms with E-state index in [1.54, 1.807) is 0 Å². The number of rotatable bonds is 10. The maximum Gasteiger partial charge on any atom is 0.327 e. The van der Waals surface area contributed by atoms with Crippen LogP contribution in [-0.4, -0.2) is 46.2 Å². The number of urea groups is 1. The second kappa shape index (κ2) is 10.8. The third kappa shape index (κ3) is 7.07. The van der Waals surface area contributed by atoms with Crippen LogP contribution >= 0.6 is 11.8 Å². The van der Waals surface area contributed by atoms with Gasteiger partial charge in [-0.25, -0.2) is 9.59 Å². The van der Waals surface area contributed by atoms with E-state index in [4.69, 9.17) is 5.11 Å². The molecule has 1 rings (SSSR count). The Labute approximate surface area is 131 Å². The third-order valence-electron chi connectivity index (χ3n) is 3.73. The Bertz CT molecular complexity index is 326. The van der Waals surface area contributed by atoms with Crippen molar-refractivity contribution in [2.75, 3.05) is 18.2 Å². The number of nitrogens with zero attached hydrogens (tertiary/aromatic N) is 1. The van der Waals surface area contributed by atoms with Crippen LogP contribution in [0.3, 0.4) is 0 Å². The summed E-state index contributed by atoms with van der Waals surface area (Å²) in [4.78, 5) is 24.3. The van der Waals surface area contributed by atoms with Gasteiger partial charge in [0.05, 0.1) is 5.88 Å². The lowest BCUT2D eigenvalue weighted by atomic mass is 10.1. The first kappa shape index (κ1) is 18.1. The van der Waals surface area contributed by atoms with Gasteiger partial charge in [-0.15, -0.1) is 11.8 Å². The Morgan fingerprint density at radius 2 is 1.76 bits per heavy atom. The van der Waals surface area contributed by atoms with Crippen LogP contribution in [0, 0.1) is 0 Å². The highest BCUT2D eigenvalue weighted by Crippen LogP contribution is 2.20. The van der Waals surface area contributed by atoms with Gasteiger partial charge in [-0.3, -0.25) is 0 Å². The highest BCUT2D eigenvalue weighted by molar-refractivity contribution is 7.99. The molecule has 6 heteroatoms. The molecule has 1 saturated heterocycles. The van der Waals surface area contributed by atoms with Crippen molar-refractivity contribution in [1.82, 2.24) is 10.2 Å². The largest absolute Gasteiger partial charge is 0.480 e. The number of carboxylic acids is 1. The third-order valence-corrected chi connectivity index (χ3v) is 4.75. The Hall–Kier alpha value is -0.910. The molecule has 2 N–H and O–H groups in total. The van der Waals surface area contributed by atoms with E-state index in [0.717, 1.165) is 12.8 Å². The number of nitrogens with one attached hydrogen (secondary N) is 1. The summed E-state index contributed by atoms with van der Waals surface area (Å²) < 4.78 is 0. The minimum absolute atomic E-state index is 0.240. The minimum Gasteiger partial charge on any atom is -0.480 e. The van der Waals surface area contributed by atoms with Crippen molar-refractivity contribution in [3.05, 3.63) is 0 Å². The van der Waals surface area contributed by atoms with Gasteiger partial charge >= 0.3 is 12.0 Å². The first-order valence-corrected chi connectivity index (χ1v) is 9.17. The molecule has 1 aliphatic heterocycles. The first-order chi connectivity index (χ1) is 10.2. The Balaban J connectivity index is 2.02. The summed E-state index contributed by atoms with van der Waals surface area (Å²) in [5.74, 6) is 0.0445. The fourth-order valence-electron chi connectivity index (χ4n) is 2.40. The molecule has 0 aromatic heterocycles. The molecule has 1 fully saturated rings. The van der Waals surface area contributed by atoms with Crippen molar-refractivity contribution in [3.8, 4) is 0 Å². The van der Waals surface area contributed by atoms with E-state index in [9.17, 15) is 9.59 Å². The number of carbonyl (C=O) groups is 2. The van der Waals surface area contributed by atoms with Gasteiger partial charge in [0.2, 0.25) is 0 Å². The van der Waals surface area contributed by atoms with Crippen LogP contribution in [0.15, 0.2) is 0 Å². The molecule has 1 heterocycles. The summed E-state index contributed by atoms with van der Waals surface area (Å²) in [6.07, 6.45) is 9.84. The Morgan fingerprint density at radius 3 is 2.38 bits per heavy atom. The number of thioether (sulfide) groups is 1. The zero-order chi connectivity index (χ0) is 15.5. The van der Waals surface area contributed by atoms with E-state index in [2.05, 4.69) is 12.2 Å². The SMILES string of the molecule is CCCCCCCCCCNC(=O)N1CSCC1C(=O)O. The molecule has 5 nitrogen and oxygen atoms in total. The van der Waals surface area contributed by atoms with Crippen molar-refractivity contribution in [1.29, 1.82) is 0 Å². The van der Waals surface area contributed by atoms with Crippen LogP contribution in [0.2, 0.25) is 0 Å². The fourth-order valence-corrected chi connectivity index (χ4v) is 3.55. The highest BCUT2D eigenvalue weighted by atomic mass is 32.2. The predicted octanol–water partition coefficient (Wildman–Crippen LogP) is 3.30. The van der Waals surface area contributed by atoms with Gasteiger partial charge in [0.15, 0.2) is 0 Å². The van der Waals surface area contributed by atoms with Gasteiger partial charge in [0.1, 0.15) is 6.04 Å². The quantitative estimate of drug-likeness (QED) is 0.607. The molecule has 0 saturated carbocycles. The Kier molecular flexibility index (Phi) is 9.30. The van der Waals surface area contributed by atoms with Crippen molar-refractivity contribution in [3.63, 3.8) is 0 Å². The van der Waals surface area contributed by atoms with Crippen LogP contribution in [0.1, 0.15) is 58.3 Å². The number of carboxylic acid groups (broad SMARTS) is 1. The lowest BCUT2D eigenvalue weighted by Crippen LogP contribution is -2.47. The molecule has 122 valence electrons. The summed E-state index contributed by atoms with van der Waals surface area (Å²) in [5.41, 5.74) is 0. The molecule has 1 aliphatic rings. The molecular weight excluding hydrogens is 288 g/mol. The van der Waals surface area contributed by atoms with Gasteiger partial charge in [-0.1, -0.05) is 51.9 Å². The number of hydrogen-bond acceptors (Lipinski definition) is 3. The van der Waals surface area contributed by atoms with Crippen LogP contribution in [-0.2, 0) is 4.79 Å². The first-order valence-electron chi connectivity index (χ1n) is 8.01. The van der Waals surface area contributed by atoms with E-state index in [1.807, 2.05) is 0 Å². The summed E-state index contributed by atoms with van der Waals surface area (Å²) in [6.45, 7) is 2.86. The molecule has 0 spiro atoms. The molecule has 0 aromatic carbocycles. The van der Waals surface area contributed by atoms with E-state index >= 15 is 0 Å². The number of hydrogen-bond donors (Lipinski definition) is 2. The second-order valence-corrected chi connectivity index (χ2v) is 6.53. The maximum absolute atomic E-state index is 11.9. The fraction of sp³-hybridized carbons (Fsp3) is 0.867. The molecule has 1 atom stereocenters. The van der Waals surface area contributed by atoms with Crippen molar-refractivity contribution < 1.29 is 14.7 Å². The second-order valence-electron chi connectivity index (χ2n) is 5.53. The maximum atomic E-state index is 11.9. The van der Waals surface area contributed by atoms with Crippen molar-refractivity contribution >= 4 is 23.8 Å². The number of amides is 2. The van der Waals surface area contributed by atoms with Gasteiger partial charge in [0.25, 0.3) is 0 Å². The van der Waals surface area contributed by atoms with Crippen LogP contribution < -0.4 is 5.32 Å². The number of aliphatic carboxylic acids is 1. The number of unbranched alkanes of at least 4 members (excludes halogenated alkanes) is 7. The molecule has 21 heavy (non-hydrogen) atoms. The Morgan fingerprint density at radius 1 is 1.14 bits per heavy atom. The van der Waals surface area contributed by atoms with Crippen LogP contribution in [0.25, 0.3) is 0 Å². The van der Waals surface area contributed by atoms with Crippen LogP contribution in [0.4, 0.5) is 4.79 Å². The average Bonchev–Trinajstić information content (AvgIpc) is 2.95. The van der Waals surface area contributed by atoms with Gasteiger partial charge < -0.3 is 15.3 Å². The lowest BCUT2D eigenvalue weighted by Gasteiger charge is -2.20. The smallest absolute Gasteiger partial charge is 0.327 e. The monoisotopic (exact) mass is 316 g/mol. The van der Waals surface area contributed by atoms with Crippen LogP contribution in [0.5, 0.6) is 0 Å². The summed E-state index contributed by atoms with van der Waals surface area (Å²) in [7, 11) is 0. The summed E-state index contributed by atoms with van der Waals surface area (Å²) in [6, 6.07) is -0.913. The van der Waals surface area contributed by atoms with E-state index in [-0.39, 0.29) is 6.03 Å². The zero-order valence-electron chi connectivity index (χ0n) is 13.0. The van der Waals surface area contributed by atoms with Gasteiger partial charge in [-0.05, 0) is 6.42 Å². The standard InChI is InChI=1S/C15H28N2O3S/c1-2-3-4-5-6-7-8-9-10-16-15(20)17-12-21-11-13(17)14(18)19/h13H,2-12H2,1H3,(H,16,20)(H,18,19). The summed E-state index contributed by atoms with van der Waals surface area (Å²) >= 11 is 1.49. The molecule has 0 aromatic rings. The van der Waals surface area contributed by atoms with Gasteiger partial charge in [0, 0.05) is 12.3 Å². The molecule has 0 aliphatic carbocycles. The number of carbonyl (C=O) groups excluding carboxylic acids is 1.